The molecule has 0 bridgehead atoms. The Morgan fingerprint density at radius 3 is 2.47 bits per heavy atom. The summed E-state index contributed by atoms with van der Waals surface area (Å²) in [6.45, 7) is 0. The van der Waals surface area contributed by atoms with Crippen LogP contribution in [0.2, 0.25) is 0 Å². The smallest absolute Gasteiger partial charge is 0.420 e. The topological polar surface area (TPSA) is 61.3 Å². The molecule has 0 saturated carbocycles. The molecule has 0 aliphatic heterocycles. The highest BCUT2D eigenvalue weighted by Crippen LogP contribution is 2.43. The van der Waals surface area contributed by atoms with E-state index in [9.17, 15) is 13.2 Å². The molecule has 0 atom stereocenters. The van der Waals surface area contributed by atoms with Gasteiger partial charge in [-0.2, -0.15) is 13.2 Å². The minimum absolute atomic E-state index is 0.00517. The molecule has 4 nitrogen and oxygen atoms in total. The summed E-state index contributed by atoms with van der Waals surface area (Å²) in [5.41, 5.74) is 4.77. The van der Waals surface area contributed by atoms with E-state index in [-0.39, 0.29) is 27.4 Å². The fourth-order valence-corrected chi connectivity index (χ4v) is 2.09. The van der Waals surface area contributed by atoms with E-state index in [2.05, 4.69) is 25.6 Å². The summed E-state index contributed by atoms with van der Waals surface area (Å²) in [4.78, 5) is 0. The lowest BCUT2D eigenvalue weighted by Gasteiger charge is -2.15. The van der Waals surface area contributed by atoms with Gasteiger partial charge in [-0.05, 0) is 12.1 Å². The number of nitrogens with two attached hydrogens (primary N) is 1. The van der Waals surface area contributed by atoms with Gasteiger partial charge in [0.05, 0.1) is 12.7 Å². The summed E-state index contributed by atoms with van der Waals surface area (Å²) in [6, 6.07) is 3.71. The fraction of sp³-hybridized carbons (Fsp3) is 0.182. The number of rotatable bonds is 2. The summed E-state index contributed by atoms with van der Waals surface area (Å²) in [6.07, 6.45) is -4.54. The van der Waals surface area contributed by atoms with Crippen LogP contribution in [-0.4, -0.2) is 12.3 Å². The number of aromatic nitrogens is 1. The van der Waals surface area contributed by atoms with Gasteiger partial charge in [-0.3, -0.25) is 0 Å². The monoisotopic (exact) mass is 336 g/mol. The largest absolute Gasteiger partial charge is 0.495 e. The number of nitrogens with zero attached hydrogens (tertiary/aromatic N) is 1. The van der Waals surface area contributed by atoms with E-state index in [4.69, 9.17) is 10.5 Å². The first kappa shape index (κ1) is 13.7. The standard InChI is InChI=1S/C11H8BrF3N2O2/c1-18-10-6(8-4-9(16)19-17-8)2-5(12)3-7(10)11(13,14)15/h2-4H,16H2,1H3. The van der Waals surface area contributed by atoms with Crippen molar-refractivity contribution in [2.24, 2.45) is 0 Å². The van der Waals surface area contributed by atoms with E-state index in [0.717, 1.165) is 13.2 Å². The Hall–Kier alpha value is -1.70. The Bertz CT molecular complexity index is 610. The third kappa shape index (κ3) is 2.67. The van der Waals surface area contributed by atoms with Crippen molar-refractivity contribution in [1.29, 1.82) is 0 Å². The second-order valence-corrected chi connectivity index (χ2v) is 4.56. The van der Waals surface area contributed by atoms with Crippen molar-refractivity contribution in [2.45, 2.75) is 6.18 Å². The van der Waals surface area contributed by atoms with Crippen molar-refractivity contribution in [3.8, 4) is 17.0 Å². The van der Waals surface area contributed by atoms with Crippen molar-refractivity contribution in [3.05, 3.63) is 28.2 Å². The molecule has 2 rings (SSSR count). The quantitative estimate of drug-likeness (QED) is 0.907. The molecular weight excluding hydrogens is 329 g/mol. The van der Waals surface area contributed by atoms with Crippen molar-refractivity contribution in [2.75, 3.05) is 12.8 Å². The van der Waals surface area contributed by atoms with Crippen LogP contribution >= 0.6 is 15.9 Å². The van der Waals surface area contributed by atoms with E-state index >= 15 is 0 Å². The molecule has 0 amide bonds. The maximum Gasteiger partial charge on any atom is 0.420 e. The summed E-state index contributed by atoms with van der Waals surface area (Å²) >= 11 is 3.03. The average Bonchev–Trinajstić information content (AvgIpc) is 2.73. The first-order valence-electron chi connectivity index (χ1n) is 5.00. The van der Waals surface area contributed by atoms with Crippen molar-refractivity contribution >= 4 is 21.8 Å². The molecule has 0 unspecified atom stereocenters. The van der Waals surface area contributed by atoms with Crippen LogP contribution in [-0.2, 0) is 6.18 Å². The van der Waals surface area contributed by atoms with Gasteiger partial charge in [-0.1, -0.05) is 21.1 Å². The van der Waals surface area contributed by atoms with Crippen LogP contribution in [0.3, 0.4) is 0 Å². The predicted molar refractivity (Wildman–Crippen MR) is 65.6 cm³/mol. The Morgan fingerprint density at radius 2 is 2.00 bits per heavy atom. The van der Waals surface area contributed by atoms with Crippen LogP contribution in [0.4, 0.5) is 19.1 Å². The molecule has 0 aliphatic carbocycles. The van der Waals surface area contributed by atoms with Crippen LogP contribution in [0.15, 0.2) is 27.2 Å². The molecule has 1 aromatic carbocycles. The van der Waals surface area contributed by atoms with Gasteiger partial charge >= 0.3 is 6.18 Å². The number of nitrogen functional groups attached to an aromatic ring is 1. The van der Waals surface area contributed by atoms with Crippen LogP contribution in [0, 0.1) is 0 Å². The van der Waals surface area contributed by atoms with Gasteiger partial charge < -0.3 is 15.0 Å². The molecule has 0 saturated heterocycles. The minimum atomic E-state index is -4.54. The molecule has 2 aromatic rings. The Balaban J connectivity index is 2.70. The van der Waals surface area contributed by atoms with Gasteiger partial charge in [-0.25, -0.2) is 0 Å². The lowest BCUT2D eigenvalue weighted by molar-refractivity contribution is -0.138. The number of anilines is 1. The molecule has 8 heteroatoms. The summed E-state index contributed by atoms with van der Waals surface area (Å²) in [7, 11) is 1.16. The zero-order valence-corrected chi connectivity index (χ0v) is 11.2. The van der Waals surface area contributed by atoms with E-state index in [1.54, 1.807) is 0 Å². The molecule has 1 heterocycles. The Morgan fingerprint density at radius 1 is 1.32 bits per heavy atom. The highest BCUT2D eigenvalue weighted by atomic mass is 79.9. The Labute approximate surface area is 114 Å². The zero-order valence-electron chi connectivity index (χ0n) is 9.58. The van der Waals surface area contributed by atoms with Gasteiger partial charge in [0, 0.05) is 16.1 Å². The maximum atomic E-state index is 12.9. The SMILES string of the molecule is COc1c(-c2cc(N)on2)cc(Br)cc1C(F)(F)F. The van der Waals surface area contributed by atoms with Crippen LogP contribution < -0.4 is 10.5 Å². The third-order valence-corrected chi connectivity index (χ3v) is 2.83. The lowest BCUT2D eigenvalue weighted by atomic mass is 10.1. The molecule has 0 aliphatic rings. The maximum absolute atomic E-state index is 12.9. The van der Waals surface area contributed by atoms with Gasteiger partial charge in [-0.15, -0.1) is 0 Å². The van der Waals surface area contributed by atoms with Crippen molar-refractivity contribution < 1.29 is 22.4 Å². The number of ether oxygens (including phenoxy) is 1. The zero-order chi connectivity index (χ0) is 14.2. The van der Waals surface area contributed by atoms with E-state index < -0.39 is 11.7 Å². The number of halogens is 4. The van der Waals surface area contributed by atoms with Crippen molar-refractivity contribution in [3.63, 3.8) is 0 Å². The predicted octanol–water partition coefficient (Wildman–Crippen LogP) is 3.71. The first-order chi connectivity index (χ1) is 8.82. The van der Waals surface area contributed by atoms with Gasteiger partial charge in [0.25, 0.3) is 0 Å². The number of hydrogen-bond acceptors (Lipinski definition) is 4. The Kier molecular flexibility index (Phi) is 3.44. The molecule has 2 N–H and O–H groups in total. The number of hydrogen-bond donors (Lipinski definition) is 1. The number of alkyl halides is 3. The van der Waals surface area contributed by atoms with E-state index in [1.807, 2.05) is 0 Å². The molecule has 1 aromatic heterocycles. The normalized spacial score (nSPS) is 11.6. The van der Waals surface area contributed by atoms with E-state index in [0.29, 0.717) is 0 Å². The van der Waals surface area contributed by atoms with Gasteiger partial charge in [0.1, 0.15) is 11.4 Å². The lowest BCUT2D eigenvalue weighted by Crippen LogP contribution is -2.08. The van der Waals surface area contributed by atoms with Gasteiger partial charge in [0.15, 0.2) is 0 Å². The number of methoxy groups -OCH3 is 1. The van der Waals surface area contributed by atoms with Crippen LogP contribution in [0.1, 0.15) is 5.56 Å². The van der Waals surface area contributed by atoms with Crippen LogP contribution in [0.5, 0.6) is 5.75 Å². The van der Waals surface area contributed by atoms with Crippen molar-refractivity contribution in [1.82, 2.24) is 5.16 Å². The highest BCUT2D eigenvalue weighted by molar-refractivity contribution is 9.10. The summed E-state index contributed by atoms with van der Waals surface area (Å²) in [5, 5.41) is 3.59. The second kappa shape index (κ2) is 4.76. The van der Waals surface area contributed by atoms with E-state index in [1.165, 1.54) is 12.1 Å². The molecular formula is C11H8BrF3N2O2. The summed E-state index contributed by atoms with van der Waals surface area (Å²) in [5.74, 6) is -0.324. The summed E-state index contributed by atoms with van der Waals surface area (Å²) < 4.78 is 48.6. The molecule has 102 valence electrons. The number of benzene rings is 1. The first-order valence-corrected chi connectivity index (χ1v) is 5.79. The second-order valence-electron chi connectivity index (χ2n) is 3.65. The van der Waals surface area contributed by atoms with Gasteiger partial charge in [0.2, 0.25) is 5.88 Å². The average molecular weight is 337 g/mol. The van der Waals surface area contributed by atoms with Crippen LogP contribution in [0.25, 0.3) is 11.3 Å². The fourth-order valence-electron chi connectivity index (χ4n) is 1.63. The highest BCUT2D eigenvalue weighted by Gasteiger charge is 2.36. The molecule has 0 spiro atoms. The molecule has 0 radical (unpaired) electrons. The molecule has 0 fully saturated rings. The molecule has 19 heavy (non-hydrogen) atoms. The third-order valence-electron chi connectivity index (χ3n) is 2.37. The minimum Gasteiger partial charge on any atom is -0.495 e.